The van der Waals surface area contributed by atoms with Crippen LogP contribution in [0.4, 0.5) is 0 Å². The summed E-state index contributed by atoms with van der Waals surface area (Å²) in [5.41, 5.74) is 2.81. The lowest BCUT2D eigenvalue weighted by atomic mass is 10.1. The molecule has 0 aliphatic carbocycles. The Hall–Kier alpha value is -3.22. The summed E-state index contributed by atoms with van der Waals surface area (Å²) in [6, 6.07) is 11.1. The van der Waals surface area contributed by atoms with E-state index in [4.69, 9.17) is 0 Å². The van der Waals surface area contributed by atoms with E-state index < -0.39 is 0 Å². The lowest BCUT2D eigenvalue weighted by Gasteiger charge is -2.11. The second kappa shape index (κ2) is 7.77. The van der Waals surface area contributed by atoms with E-state index in [-0.39, 0.29) is 11.6 Å². The SMILES string of the molecule is Cc1cc(C)n(CCNC(=O)c2cccc(Cn3cccn3)c2)c(=O)n1. The van der Waals surface area contributed by atoms with Crippen LogP contribution >= 0.6 is 0 Å². The maximum atomic E-state index is 12.4. The van der Waals surface area contributed by atoms with E-state index in [2.05, 4.69) is 15.4 Å². The van der Waals surface area contributed by atoms with Crippen LogP contribution in [0.3, 0.4) is 0 Å². The highest BCUT2D eigenvalue weighted by molar-refractivity contribution is 5.94. The average Bonchev–Trinajstić information content (AvgIpc) is 3.10. The van der Waals surface area contributed by atoms with Crippen LogP contribution in [0.15, 0.2) is 53.6 Å². The van der Waals surface area contributed by atoms with Crippen LogP contribution in [-0.4, -0.2) is 31.8 Å². The molecule has 2 heterocycles. The molecule has 26 heavy (non-hydrogen) atoms. The molecular formula is C19H21N5O2. The minimum atomic E-state index is -0.294. The fraction of sp³-hybridized carbons (Fsp3) is 0.263. The zero-order chi connectivity index (χ0) is 18.5. The number of carbonyl (C=O) groups excluding carboxylic acids is 1. The largest absolute Gasteiger partial charge is 0.350 e. The molecular weight excluding hydrogens is 330 g/mol. The molecule has 0 saturated carbocycles. The molecule has 0 unspecified atom stereocenters. The van der Waals surface area contributed by atoms with Crippen molar-refractivity contribution in [1.82, 2.24) is 24.6 Å². The fourth-order valence-electron chi connectivity index (χ4n) is 2.82. The van der Waals surface area contributed by atoms with Crippen LogP contribution in [0.5, 0.6) is 0 Å². The second-order valence-corrected chi connectivity index (χ2v) is 6.13. The van der Waals surface area contributed by atoms with Gasteiger partial charge in [-0.15, -0.1) is 0 Å². The van der Waals surface area contributed by atoms with Gasteiger partial charge in [-0.1, -0.05) is 12.1 Å². The van der Waals surface area contributed by atoms with Gasteiger partial charge in [0.25, 0.3) is 5.91 Å². The van der Waals surface area contributed by atoms with Gasteiger partial charge in [0.1, 0.15) is 0 Å². The molecule has 0 aliphatic rings. The summed E-state index contributed by atoms with van der Waals surface area (Å²) >= 11 is 0. The number of hydrogen-bond acceptors (Lipinski definition) is 4. The Bertz CT molecular complexity index is 960. The molecule has 1 aromatic carbocycles. The topological polar surface area (TPSA) is 81.8 Å². The van der Waals surface area contributed by atoms with Gasteiger partial charge >= 0.3 is 5.69 Å². The van der Waals surface area contributed by atoms with Gasteiger partial charge in [0.05, 0.1) is 6.54 Å². The number of amides is 1. The molecule has 3 aromatic rings. The maximum Gasteiger partial charge on any atom is 0.348 e. The third-order valence-electron chi connectivity index (χ3n) is 4.06. The first-order chi connectivity index (χ1) is 12.5. The van der Waals surface area contributed by atoms with Gasteiger partial charge in [-0.3, -0.25) is 14.0 Å². The Labute approximate surface area is 151 Å². The predicted molar refractivity (Wildman–Crippen MR) is 98.1 cm³/mol. The molecule has 0 spiro atoms. The third kappa shape index (κ3) is 4.24. The van der Waals surface area contributed by atoms with Gasteiger partial charge in [0.2, 0.25) is 0 Å². The minimum absolute atomic E-state index is 0.168. The van der Waals surface area contributed by atoms with Crippen molar-refractivity contribution in [2.45, 2.75) is 26.9 Å². The molecule has 0 aliphatic heterocycles. The zero-order valence-corrected chi connectivity index (χ0v) is 14.8. The van der Waals surface area contributed by atoms with Gasteiger partial charge in [0.15, 0.2) is 0 Å². The van der Waals surface area contributed by atoms with Crippen molar-refractivity contribution in [2.24, 2.45) is 0 Å². The first-order valence-electron chi connectivity index (χ1n) is 8.42. The van der Waals surface area contributed by atoms with E-state index in [1.165, 1.54) is 0 Å². The highest BCUT2D eigenvalue weighted by atomic mass is 16.2. The molecule has 1 amide bonds. The van der Waals surface area contributed by atoms with Crippen molar-refractivity contribution < 1.29 is 4.79 Å². The van der Waals surface area contributed by atoms with Gasteiger partial charge in [-0.05, 0) is 43.7 Å². The Balaban J connectivity index is 1.61. The summed E-state index contributed by atoms with van der Waals surface area (Å²) in [4.78, 5) is 28.2. The standard InChI is InChI=1S/C19H21N5O2/c1-14-11-15(2)24(19(26)22-14)10-8-20-18(25)17-6-3-5-16(12-17)13-23-9-4-7-21-23/h3-7,9,11-12H,8,10,13H2,1-2H3,(H,20,25). The number of nitrogens with one attached hydrogen (secondary N) is 1. The van der Waals surface area contributed by atoms with Crippen LogP contribution in [0.1, 0.15) is 27.3 Å². The van der Waals surface area contributed by atoms with Crippen molar-refractivity contribution >= 4 is 5.91 Å². The van der Waals surface area contributed by atoms with Crippen LogP contribution < -0.4 is 11.0 Å². The Morgan fingerprint density at radius 3 is 2.77 bits per heavy atom. The summed E-state index contributed by atoms with van der Waals surface area (Å²) in [6.07, 6.45) is 3.60. The molecule has 0 saturated heterocycles. The van der Waals surface area contributed by atoms with Gasteiger partial charge in [-0.2, -0.15) is 10.1 Å². The fourth-order valence-corrected chi connectivity index (χ4v) is 2.82. The number of hydrogen-bond donors (Lipinski definition) is 1. The summed E-state index contributed by atoms with van der Waals surface area (Å²) in [7, 11) is 0. The smallest absolute Gasteiger partial charge is 0.348 e. The summed E-state index contributed by atoms with van der Waals surface area (Å²) in [5, 5.41) is 7.02. The molecule has 0 bridgehead atoms. The normalized spacial score (nSPS) is 10.7. The Morgan fingerprint density at radius 1 is 1.19 bits per heavy atom. The molecule has 7 heteroatoms. The van der Waals surface area contributed by atoms with Crippen LogP contribution in [0, 0.1) is 13.8 Å². The van der Waals surface area contributed by atoms with E-state index in [0.717, 1.165) is 11.3 Å². The molecule has 1 N–H and O–H groups in total. The van der Waals surface area contributed by atoms with E-state index in [1.807, 2.05) is 43.5 Å². The molecule has 3 rings (SSSR count). The Kier molecular flexibility index (Phi) is 5.26. The summed E-state index contributed by atoms with van der Waals surface area (Å²) in [5.74, 6) is -0.168. The number of benzene rings is 1. The van der Waals surface area contributed by atoms with Gasteiger partial charge in [0, 0.05) is 42.4 Å². The van der Waals surface area contributed by atoms with Gasteiger partial charge in [-0.25, -0.2) is 4.79 Å². The molecule has 7 nitrogen and oxygen atoms in total. The predicted octanol–water partition coefficient (Wildman–Crippen LogP) is 1.53. The lowest BCUT2D eigenvalue weighted by Crippen LogP contribution is -2.33. The average molecular weight is 351 g/mol. The van der Waals surface area contributed by atoms with Crippen molar-refractivity contribution in [2.75, 3.05) is 6.54 Å². The number of rotatable bonds is 6. The summed E-state index contributed by atoms with van der Waals surface area (Å²) in [6.45, 7) is 5.00. The minimum Gasteiger partial charge on any atom is -0.350 e. The number of carbonyl (C=O) groups is 1. The van der Waals surface area contributed by atoms with E-state index >= 15 is 0 Å². The van der Waals surface area contributed by atoms with Crippen LogP contribution in [-0.2, 0) is 13.1 Å². The molecule has 2 aromatic heterocycles. The summed E-state index contributed by atoms with van der Waals surface area (Å²) < 4.78 is 3.36. The third-order valence-corrected chi connectivity index (χ3v) is 4.06. The molecule has 0 fully saturated rings. The number of aryl methyl sites for hydroxylation is 2. The quantitative estimate of drug-likeness (QED) is 0.730. The lowest BCUT2D eigenvalue weighted by molar-refractivity contribution is 0.0952. The second-order valence-electron chi connectivity index (χ2n) is 6.13. The highest BCUT2D eigenvalue weighted by Gasteiger charge is 2.08. The Morgan fingerprint density at radius 2 is 2.04 bits per heavy atom. The molecule has 134 valence electrons. The van der Waals surface area contributed by atoms with E-state index in [1.54, 1.807) is 28.4 Å². The van der Waals surface area contributed by atoms with Crippen LogP contribution in [0.2, 0.25) is 0 Å². The number of aromatic nitrogens is 4. The van der Waals surface area contributed by atoms with Gasteiger partial charge < -0.3 is 5.32 Å². The first kappa shape index (κ1) is 17.6. The van der Waals surface area contributed by atoms with E-state index in [0.29, 0.717) is 30.9 Å². The highest BCUT2D eigenvalue weighted by Crippen LogP contribution is 2.07. The maximum absolute atomic E-state index is 12.4. The van der Waals surface area contributed by atoms with Crippen LogP contribution in [0.25, 0.3) is 0 Å². The number of nitrogens with zero attached hydrogens (tertiary/aromatic N) is 4. The molecule has 0 radical (unpaired) electrons. The van der Waals surface area contributed by atoms with Crippen molar-refractivity contribution in [3.63, 3.8) is 0 Å². The van der Waals surface area contributed by atoms with Crippen molar-refractivity contribution in [1.29, 1.82) is 0 Å². The monoisotopic (exact) mass is 351 g/mol. The first-order valence-corrected chi connectivity index (χ1v) is 8.42. The molecule has 0 atom stereocenters. The zero-order valence-electron chi connectivity index (χ0n) is 14.8. The van der Waals surface area contributed by atoms with Crippen molar-refractivity contribution in [3.8, 4) is 0 Å². The van der Waals surface area contributed by atoms with E-state index in [9.17, 15) is 9.59 Å². The van der Waals surface area contributed by atoms with Crippen molar-refractivity contribution in [3.05, 3.63) is 81.8 Å².